The van der Waals surface area contributed by atoms with Crippen LogP contribution in [0.1, 0.15) is 53.3 Å². The van der Waals surface area contributed by atoms with Gasteiger partial charge in [0.2, 0.25) is 0 Å². The summed E-state index contributed by atoms with van der Waals surface area (Å²) >= 11 is 0. The van der Waals surface area contributed by atoms with E-state index in [2.05, 4.69) is 56.6 Å². The Morgan fingerprint density at radius 3 is 2.11 bits per heavy atom. The molecule has 0 amide bonds. The number of ether oxygens (including phenoxy) is 1. The average Bonchev–Trinajstić information content (AvgIpc) is 2.60. The third-order valence-electron chi connectivity index (χ3n) is 2.91. The van der Waals surface area contributed by atoms with Crippen LogP contribution >= 0.6 is 0 Å². The van der Waals surface area contributed by atoms with E-state index in [9.17, 15) is 0 Å². The molecule has 0 unspecified atom stereocenters. The van der Waals surface area contributed by atoms with Crippen LogP contribution in [-0.2, 0) is 4.74 Å². The van der Waals surface area contributed by atoms with Crippen LogP contribution in [0.5, 0.6) is 0 Å². The molecule has 1 aromatic heterocycles. The molecule has 1 aliphatic rings. The highest BCUT2D eigenvalue weighted by atomic mass is 16.5. The van der Waals surface area contributed by atoms with E-state index in [4.69, 9.17) is 9.26 Å². The number of hydrogen-bond donors (Lipinski definition) is 0. The van der Waals surface area contributed by atoms with E-state index < -0.39 is 0 Å². The van der Waals surface area contributed by atoms with Gasteiger partial charge in [-0.25, -0.2) is 0 Å². The molecule has 2 heterocycles. The summed E-state index contributed by atoms with van der Waals surface area (Å²) in [7, 11) is 0. The Morgan fingerprint density at radius 1 is 1.11 bits per heavy atom. The van der Waals surface area contributed by atoms with Gasteiger partial charge < -0.3 is 14.2 Å². The lowest BCUT2D eigenvalue weighted by atomic mass is 9.99. The van der Waals surface area contributed by atoms with Crippen LogP contribution < -0.4 is 4.90 Å². The number of rotatable bonds is 2. The second kappa shape index (κ2) is 4.23. The zero-order chi connectivity index (χ0) is 13.6. The van der Waals surface area contributed by atoms with Gasteiger partial charge in [-0.2, -0.15) is 4.98 Å². The highest BCUT2D eigenvalue weighted by Crippen LogP contribution is 2.31. The molecule has 0 saturated carbocycles. The van der Waals surface area contributed by atoms with E-state index in [0.29, 0.717) is 6.01 Å². The highest BCUT2D eigenvalue weighted by Gasteiger charge is 2.39. The Labute approximate surface area is 108 Å². The predicted octanol–water partition coefficient (Wildman–Crippen LogP) is 2.59. The number of hydrogen-bond acceptors (Lipinski definition) is 5. The van der Waals surface area contributed by atoms with E-state index in [0.717, 1.165) is 18.9 Å². The van der Waals surface area contributed by atoms with Gasteiger partial charge in [0.15, 0.2) is 5.82 Å². The third-order valence-corrected chi connectivity index (χ3v) is 2.91. The van der Waals surface area contributed by atoms with Crippen LogP contribution in [0.4, 0.5) is 6.01 Å². The van der Waals surface area contributed by atoms with Crippen LogP contribution in [0.3, 0.4) is 0 Å². The fourth-order valence-corrected chi connectivity index (χ4v) is 2.51. The first-order valence-electron chi connectivity index (χ1n) is 6.47. The van der Waals surface area contributed by atoms with E-state index in [-0.39, 0.29) is 17.1 Å². The number of aromatic nitrogens is 2. The molecule has 0 bridgehead atoms. The monoisotopic (exact) mass is 253 g/mol. The van der Waals surface area contributed by atoms with Gasteiger partial charge in [-0.15, -0.1) is 0 Å². The maximum atomic E-state index is 6.04. The molecule has 5 heteroatoms. The summed E-state index contributed by atoms with van der Waals surface area (Å²) in [5.74, 6) is 1.04. The SMILES string of the molecule is CC(C)c1noc(N2CC(C)(C)OC(C)(C)C2)n1. The minimum absolute atomic E-state index is 0.214. The summed E-state index contributed by atoms with van der Waals surface area (Å²) < 4.78 is 11.4. The minimum atomic E-state index is -0.214. The second-order valence-corrected chi connectivity index (χ2v) is 6.57. The van der Waals surface area contributed by atoms with E-state index >= 15 is 0 Å². The molecule has 0 N–H and O–H groups in total. The van der Waals surface area contributed by atoms with Crippen molar-refractivity contribution >= 4 is 6.01 Å². The van der Waals surface area contributed by atoms with Gasteiger partial charge in [-0.1, -0.05) is 19.0 Å². The fourth-order valence-electron chi connectivity index (χ4n) is 2.51. The second-order valence-electron chi connectivity index (χ2n) is 6.57. The third kappa shape index (κ3) is 2.83. The summed E-state index contributed by atoms with van der Waals surface area (Å²) in [6.07, 6.45) is 0. The molecule has 5 nitrogen and oxygen atoms in total. The highest BCUT2D eigenvalue weighted by molar-refractivity contribution is 5.29. The normalized spacial score (nSPS) is 22.5. The molecule has 1 fully saturated rings. The zero-order valence-corrected chi connectivity index (χ0v) is 12.1. The lowest BCUT2D eigenvalue weighted by molar-refractivity contribution is -0.134. The van der Waals surface area contributed by atoms with E-state index in [1.54, 1.807) is 0 Å². The largest absolute Gasteiger partial charge is 0.366 e. The van der Waals surface area contributed by atoms with Crippen molar-refractivity contribution in [2.24, 2.45) is 0 Å². The molecule has 18 heavy (non-hydrogen) atoms. The Kier molecular flexibility index (Phi) is 3.13. The van der Waals surface area contributed by atoms with Crippen molar-refractivity contribution in [3.63, 3.8) is 0 Å². The van der Waals surface area contributed by atoms with Crippen molar-refractivity contribution in [2.45, 2.75) is 58.7 Å². The van der Waals surface area contributed by atoms with Gasteiger partial charge in [-0.3, -0.25) is 0 Å². The van der Waals surface area contributed by atoms with Gasteiger partial charge in [0, 0.05) is 5.92 Å². The quantitative estimate of drug-likeness (QED) is 0.811. The van der Waals surface area contributed by atoms with Crippen molar-refractivity contribution in [2.75, 3.05) is 18.0 Å². The molecule has 2 rings (SSSR count). The van der Waals surface area contributed by atoms with Crippen molar-refractivity contribution < 1.29 is 9.26 Å². The predicted molar refractivity (Wildman–Crippen MR) is 69.8 cm³/mol. The van der Waals surface area contributed by atoms with Gasteiger partial charge in [-0.05, 0) is 27.7 Å². The molecule has 1 aromatic rings. The van der Waals surface area contributed by atoms with Crippen LogP contribution in [-0.4, -0.2) is 34.4 Å². The van der Waals surface area contributed by atoms with Crippen molar-refractivity contribution in [1.82, 2.24) is 10.1 Å². The Hall–Kier alpha value is -1.10. The van der Waals surface area contributed by atoms with Gasteiger partial charge in [0.05, 0.1) is 24.3 Å². The first-order valence-corrected chi connectivity index (χ1v) is 6.47. The lowest BCUT2D eigenvalue weighted by Gasteiger charge is -2.46. The van der Waals surface area contributed by atoms with E-state index in [1.165, 1.54) is 0 Å². The van der Waals surface area contributed by atoms with Crippen LogP contribution in [0.15, 0.2) is 4.52 Å². The maximum Gasteiger partial charge on any atom is 0.324 e. The van der Waals surface area contributed by atoms with Gasteiger partial charge >= 0.3 is 6.01 Å². The summed E-state index contributed by atoms with van der Waals surface area (Å²) in [5.41, 5.74) is -0.428. The minimum Gasteiger partial charge on any atom is -0.366 e. The summed E-state index contributed by atoms with van der Waals surface area (Å²) in [4.78, 5) is 6.57. The van der Waals surface area contributed by atoms with Crippen LogP contribution in [0.25, 0.3) is 0 Å². The standard InChI is InChI=1S/C13H23N3O2/c1-9(2)10-14-11(17-15-10)16-7-12(3,4)18-13(5,6)8-16/h9H,7-8H2,1-6H3. The Bertz CT molecular complexity index is 408. The fraction of sp³-hybridized carbons (Fsp3) is 0.846. The molecule has 0 aromatic carbocycles. The maximum absolute atomic E-state index is 6.04. The molecule has 1 saturated heterocycles. The van der Waals surface area contributed by atoms with Gasteiger partial charge in [0.25, 0.3) is 0 Å². The molecule has 0 atom stereocenters. The lowest BCUT2D eigenvalue weighted by Crippen LogP contribution is -2.57. The summed E-state index contributed by atoms with van der Waals surface area (Å²) in [5, 5.41) is 4.02. The number of anilines is 1. The summed E-state index contributed by atoms with van der Waals surface area (Å²) in [6.45, 7) is 14.0. The molecule has 102 valence electrons. The Morgan fingerprint density at radius 2 is 1.67 bits per heavy atom. The van der Waals surface area contributed by atoms with Crippen LogP contribution in [0, 0.1) is 0 Å². The van der Waals surface area contributed by atoms with Crippen molar-refractivity contribution in [3.8, 4) is 0 Å². The smallest absolute Gasteiger partial charge is 0.324 e. The first-order chi connectivity index (χ1) is 8.19. The number of nitrogens with zero attached hydrogens (tertiary/aromatic N) is 3. The van der Waals surface area contributed by atoms with E-state index in [1.807, 2.05) is 0 Å². The average molecular weight is 253 g/mol. The molecule has 1 aliphatic heterocycles. The molecule has 0 radical (unpaired) electrons. The molecular formula is C13H23N3O2. The van der Waals surface area contributed by atoms with Crippen molar-refractivity contribution in [3.05, 3.63) is 5.82 Å². The molecule has 0 spiro atoms. The number of morpholine rings is 1. The Balaban J connectivity index is 2.21. The molecular weight excluding hydrogens is 230 g/mol. The van der Waals surface area contributed by atoms with Crippen LogP contribution in [0.2, 0.25) is 0 Å². The van der Waals surface area contributed by atoms with Crippen molar-refractivity contribution in [1.29, 1.82) is 0 Å². The van der Waals surface area contributed by atoms with Gasteiger partial charge in [0.1, 0.15) is 0 Å². The first kappa shape index (κ1) is 13.3. The topological polar surface area (TPSA) is 51.4 Å². The summed E-state index contributed by atoms with van der Waals surface area (Å²) in [6, 6.07) is 0.600. The zero-order valence-electron chi connectivity index (χ0n) is 12.1. The molecule has 0 aliphatic carbocycles.